The normalized spacial score (nSPS) is 11.0. The van der Waals surface area contributed by atoms with Crippen molar-refractivity contribution in [3.63, 3.8) is 0 Å². The predicted molar refractivity (Wildman–Crippen MR) is 86.5 cm³/mol. The van der Waals surface area contributed by atoms with E-state index in [9.17, 15) is 9.90 Å². The number of hydrogen-bond donors (Lipinski definition) is 1. The second-order valence-electron chi connectivity index (χ2n) is 4.84. The van der Waals surface area contributed by atoms with E-state index in [-0.39, 0.29) is 5.56 Å². The Morgan fingerprint density at radius 3 is 2.62 bits per heavy atom. The first-order valence-electron chi connectivity index (χ1n) is 6.37. The maximum absolute atomic E-state index is 11.5. The minimum Gasteiger partial charge on any atom is -0.478 e. The molecule has 1 aromatic carbocycles. The third-order valence-electron chi connectivity index (χ3n) is 3.39. The molecule has 3 aromatic rings. The molecule has 0 atom stereocenters. The molecule has 0 unspecified atom stereocenters. The minimum absolute atomic E-state index is 0.251. The van der Waals surface area contributed by atoms with Crippen molar-refractivity contribution in [1.29, 1.82) is 0 Å². The fourth-order valence-electron chi connectivity index (χ4n) is 2.28. The van der Waals surface area contributed by atoms with Crippen LogP contribution < -0.4 is 0 Å². The second kappa shape index (κ2) is 5.13. The van der Waals surface area contributed by atoms with E-state index < -0.39 is 5.97 Å². The van der Waals surface area contributed by atoms with Crippen molar-refractivity contribution < 1.29 is 9.90 Å². The van der Waals surface area contributed by atoms with Gasteiger partial charge < -0.3 is 5.11 Å². The molecule has 106 valence electrons. The Labute approximate surface area is 130 Å². The molecule has 21 heavy (non-hydrogen) atoms. The molecule has 1 N–H and O–H groups in total. The van der Waals surface area contributed by atoms with Crippen LogP contribution in [0.4, 0.5) is 0 Å². The summed E-state index contributed by atoms with van der Waals surface area (Å²) < 4.78 is 0. The van der Waals surface area contributed by atoms with Crippen LogP contribution in [-0.4, -0.2) is 16.1 Å². The van der Waals surface area contributed by atoms with Gasteiger partial charge in [-0.15, -0.1) is 11.3 Å². The molecule has 0 aliphatic carbocycles. The van der Waals surface area contributed by atoms with Gasteiger partial charge in [0.15, 0.2) is 0 Å². The van der Waals surface area contributed by atoms with Gasteiger partial charge in [-0.2, -0.15) is 0 Å². The maximum atomic E-state index is 11.5. The van der Waals surface area contributed by atoms with Gasteiger partial charge in [-0.25, -0.2) is 9.78 Å². The van der Waals surface area contributed by atoms with E-state index in [2.05, 4.69) is 4.98 Å². The number of aromatic nitrogens is 1. The zero-order chi connectivity index (χ0) is 15.1. The average molecular weight is 318 g/mol. The van der Waals surface area contributed by atoms with Crippen LogP contribution in [0.2, 0.25) is 5.02 Å². The van der Waals surface area contributed by atoms with Crippen LogP contribution in [0.5, 0.6) is 0 Å². The smallest absolute Gasteiger partial charge is 0.336 e. The number of thiophene rings is 1. The topological polar surface area (TPSA) is 50.2 Å². The van der Waals surface area contributed by atoms with Crippen molar-refractivity contribution in [1.82, 2.24) is 4.98 Å². The second-order valence-corrected chi connectivity index (χ2v) is 6.53. The molecular formula is C16H12ClNO2S. The fraction of sp³-hybridized carbons (Fsp3) is 0.125. The van der Waals surface area contributed by atoms with Gasteiger partial charge in [-0.3, -0.25) is 0 Å². The summed E-state index contributed by atoms with van der Waals surface area (Å²) in [6.07, 6.45) is 0. The molecule has 0 saturated carbocycles. The third kappa shape index (κ3) is 2.41. The molecule has 0 amide bonds. The highest BCUT2D eigenvalue weighted by Gasteiger charge is 2.16. The van der Waals surface area contributed by atoms with E-state index in [1.807, 2.05) is 26.0 Å². The molecule has 0 radical (unpaired) electrons. The van der Waals surface area contributed by atoms with Crippen LogP contribution in [0.3, 0.4) is 0 Å². The van der Waals surface area contributed by atoms with E-state index in [4.69, 9.17) is 11.6 Å². The highest BCUT2D eigenvalue weighted by Crippen LogP contribution is 2.32. The number of aryl methyl sites for hydroxylation is 2. The van der Waals surface area contributed by atoms with Crippen molar-refractivity contribution in [3.05, 3.63) is 51.4 Å². The number of halogens is 1. The summed E-state index contributed by atoms with van der Waals surface area (Å²) in [5.41, 5.74) is 2.36. The molecular weight excluding hydrogens is 306 g/mol. The number of rotatable bonds is 2. The Hall–Kier alpha value is -1.91. The first-order valence-corrected chi connectivity index (χ1v) is 7.57. The van der Waals surface area contributed by atoms with Gasteiger partial charge in [0.25, 0.3) is 0 Å². The van der Waals surface area contributed by atoms with Gasteiger partial charge in [0.1, 0.15) is 0 Å². The number of benzene rings is 1. The molecule has 0 aliphatic heterocycles. The molecule has 0 bridgehead atoms. The monoisotopic (exact) mass is 317 g/mol. The standard InChI is InChI=1S/C16H12ClNO2S/c1-8-3-6-14(21-8)13-7-11(16(19)20)10-4-5-12(17)9(2)15(10)18-13/h3-7H,1-2H3,(H,19,20). The van der Waals surface area contributed by atoms with Gasteiger partial charge in [0.2, 0.25) is 0 Å². The first kappa shape index (κ1) is 14.0. The van der Waals surface area contributed by atoms with Gasteiger partial charge in [-0.05, 0) is 43.7 Å². The highest BCUT2D eigenvalue weighted by atomic mass is 35.5. The minimum atomic E-state index is -0.960. The summed E-state index contributed by atoms with van der Waals surface area (Å²) in [7, 11) is 0. The summed E-state index contributed by atoms with van der Waals surface area (Å²) in [5.74, 6) is -0.960. The van der Waals surface area contributed by atoms with Crippen molar-refractivity contribution in [2.24, 2.45) is 0 Å². The molecule has 3 nitrogen and oxygen atoms in total. The lowest BCUT2D eigenvalue weighted by Gasteiger charge is -2.09. The Kier molecular flexibility index (Phi) is 3.43. The number of carboxylic acids is 1. The lowest BCUT2D eigenvalue weighted by molar-refractivity contribution is 0.0699. The number of nitrogens with zero attached hydrogens (tertiary/aromatic N) is 1. The van der Waals surface area contributed by atoms with Crippen molar-refractivity contribution in [2.75, 3.05) is 0 Å². The third-order valence-corrected chi connectivity index (χ3v) is 4.82. The summed E-state index contributed by atoms with van der Waals surface area (Å²) >= 11 is 7.73. The number of fused-ring (bicyclic) bond motifs is 1. The zero-order valence-electron chi connectivity index (χ0n) is 11.5. The Balaban J connectivity index is 2.38. The molecule has 2 aromatic heterocycles. The molecule has 0 spiro atoms. The van der Waals surface area contributed by atoms with E-state index >= 15 is 0 Å². The quantitative estimate of drug-likeness (QED) is 0.729. The number of carbonyl (C=O) groups is 1. The summed E-state index contributed by atoms with van der Waals surface area (Å²) in [5, 5.41) is 10.7. The van der Waals surface area contributed by atoms with E-state index in [1.165, 1.54) is 0 Å². The van der Waals surface area contributed by atoms with Crippen molar-refractivity contribution in [2.45, 2.75) is 13.8 Å². The van der Waals surface area contributed by atoms with E-state index in [0.717, 1.165) is 15.3 Å². The number of aromatic carboxylic acids is 1. The Morgan fingerprint density at radius 1 is 1.24 bits per heavy atom. The Bertz CT molecular complexity index is 870. The fourth-order valence-corrected chi connectivity index (χ4v) is 3.26. The largest absolute Gasteiger partial charge is 0.478 e. The Morgan fingerprint density at radius 2 is 2.00 bits per heavy atom. The molecule has 3 rings (SSSR count). The van der Waals surface area contributed by atoms with Gasteiger partial charge >= 0.3 is 5.97 Å². The van der Waals surface area contributed by atoms with Crippen molar-refractivity contribution in [3.8, 4) is 10.6 Å². The van der Waals surface area contributed by atoms with Crippen LogP contribution in [0.25, 0.3) is 21.5 Å². The average Bonchev–Trinajstić information content (AvgIpc) is 2.88. The van der Waals surface area contributed by atoms with E-state index in [0.29, 0.717) is 21.6 Å². The van der Waals surface area contributed by atoms with Crippen LogP contribution in [0, 0.1) is 13.8 Å². The SMILES string of the molecule is Cc1ccc(-c2cc(C(=O)O)c3ccc(Cl)c(C)c3n2)s1. The lowest BCUT2D eigenvalue weighted by atomic mass is 10.0. The van der Waals surface area contributed by atoms with E-state index in [1.54, 1.807) is 29.5 Å². The number of carboxylic acid groups (broad SMARTS) is 1. The predicted octanol–water partition coefficient (Wildman–Crippen LogP) is 4.93. The van der Waals surface area contributed by atoms with Gasteiger partial charge in [0, 0.05) is 15.3 Å². The molecule has 2 heterocycles. The molecule has 0 aliphatic rings. The van der Waals surface area contributed by atoms with Crippen molar-refractivity contribution >= 4 is 39.8 Å². The van der Waals surface area contributed by atoms with Crippen LogP contribution in [0.1, 0.15) is 20.8 Å². The van der Waals surface area contributed by atoms with Gasteiger partial charge in [-0.1, -0.05) is 17.7 Å². The zero-order valence-corrected chi connectivity index (χ0v) is 13.0. The van der Waals surface area contributed by atoms with Crippen LogP contribution >= 0.6 is 22.9 Å². The first-order chi connectivity index (χ1) is 9.97. The lowest BCUT2D eigenvalue weighted by Crippen LogP contribution is -2.01. The summed E-state index contributed by atoms with van der Waals surface area (Å²) in [4.78, 5) is 18.3. The molecule has 0 saturated heterocycles. The summed E-state index contributed by atoms with van der Waals surface area (Å²) in [6, 6.07) is 9.01. The number of pyridine rings is 1. The van der Waals surface area contributed by atoms with Crippen LogP contribution in [0.15, 0.2) is 30.3 Å². The summed E-state index contributed by atoms with van der Waals surface area (Å²) in [6.45, 7) is 3.86. The maximum Gasteiger partial charge on any atom is 0.336 e. The molecule has 0 fully saturated rings. The van der Waals surface area contributed by atoms with Gasteiger partial charge in [0.05, 0.1) is 21.7 Å². The highest BCUT2D eigenvalue weighted by molar-refractivity contribution is 7.15. The van der Waals surface area contributed by atoms with Crippen LogP contribution in [-0.2, 0) is 0 Å². The number of hydrogen-bond acceptors (Lipinski definition) is 3. The molecule has 5 heteroatoms.